The fraction of sp³-hybridized carbons (Fsp3) is 1.00. The topological polar surface area (TPSA) is 35.2 Å². The van der Waals surface area contributed by atoms with Gasteiger partial charge in [-0.1, -0.05) is 20.8 Å². The molecule has 2 unspecified atom stereocenters. The number of nitrogens with two attached hydrogens (primary N) is 1. The van der Waals surface area contributed by atoms with E-state index in [0.717, 1.165) is 31.3 Å². The van der Waals surface area contributed by atoms with Gasteiger partial charge in [0, 0.05) is 13.2 Å². The lowest BCUT2D eigenvalue weighted by Crippen LogP contribution is -2.38. The predicted molar refractivity (Wildman–Crippen MR) is 64.8 cm³/mol. The summed E-state index contributed by atoms with van der Waals surface area (Å²) in [4.78, 5) is 0. The Labute approximate surface area is 94.6 Å². The summed E-state index contributed by atoms with van der Waals surface area (Å²) in [6.07, 6.45) is 6.03. The van der Waals surface area contributed by atoms with Crippen LogP contribution in [0, 0.1) is 11.8 Å². The molecule has 0 aromatic heterocycles. The summed E-state index contributed by atoms with van der Waals surface area (Å²) in [6, 6.07) is 0. The minimum atomic E-state index is 0.0242. The smallest absolute Gasteiger partial charge is 0.0806 e. The summed E-state index contributed by atoms with van der Waals surface area (Å²) in [7, 11) is 0. The normalized spacial score (nSPS) is 31.4. The van der Waals surface area contributed by atoms with Crippen LogP contribution in [0.1, 0.15) is 52.9 Å². The highest BCUT2D eigenvalue weighted by Crippen LogP contribution is 2.36. The maximum absolute atomic E-state index is 6.04. The van der Waals surface area contributed by atoms with E-state index in [1.54, 1.807) is 0 Å². The maximum Gasteiger partial charge on any atom is 0.0806 e. The lowest BCUT2D eigenvalue weighted by Gasteiger charge is -2.28. The van der Waals surface area contributed by atoms with Gasteiger partial charge in [-0.15, -0.1) is 0 Å². The Bertz CT molecular complexity index is 181. The van der Waals surface area contributed by atoms with Crippen molar-refractivity contribution >= 4 is 0 Å². The molecule has 0 aromatic carbocycles. The molecule has 2 N–H and O–H groups in total. The first kappa shape index (κ1) is 13.0. The van der Waals surface area contributed by atoms with Crippen molar-refractivity contribution in [1.29, 1.82) is 0 Å². The van der Waals surface area contributed by atoms with Crippen molar-refractivity contribution in [3.05, 3.63) is 0 Å². The van der Waals surface area contributed by atoms with Crippen molar-refractivity contribution in [2.45, 2.75) is 58.5 Å². The summed E-state index contributed by atoms with van der Waals surface area (Å²) in [5.74, 6) is 1.57. The Morgan fingerprint density at radius 3 is 2.67 bits per heavy atom. The highest BCUT2D eigenvalue weighted by molar-refractivity contribution is 4.90. The van der Waals surface area contributed by atoms with Gasteiger partial charge in [0.05, 0.1) is 5.60 Å². The van der Waals surface area contributed by atoms with Gasteiger partial charge in [-0.05, 0) is 43.9 Å². The van der Waals surface area contributed by atoms with Crippen molar-refractivity contribution in [3.8, 4) is 0 Å². The first-order chi connectivity index (χ1) is 7.08. The molecule has 0 aromatic rings. The van der Waals surface area contributed by atoms with Crippen LogP contribution in [0.2, 0.25) is 0 Å². The van der Waals surface area contributed by atoms with Gasteiger partial charge in [0.1, 0.15) is 0 Å². The zero-order valence-corrected chi connectivity index (χ0v) is 10.6. The minimum Gasteiger partial charge on any atom is -0.374 e. The minimum absolute atomic E-state index is 0.0242. The standard InChI is InChI=1S/C13H27NO/c1-11(2)5-4-8-15-13(10-14)7-6-12(3)9-13/h11-12H,4-10,14H2,1-3H3. The van der Waals surface area contributed by atoms with Crippen LogP contribution in [0.3, 0.4) is 0 Å². The Hall–Kier alpha value is -0.0800. The van der Waals surface area contributed by atoms with Gasteiger partial charge in [-0.3, -0.25) is 0 Å². The summed E-state index contributed by atoms with van der Waals surface area (Å²) in [5, 5.41) is 0. The third kappa shape index (κ3) is 4.12. The summed E-state index contributed by atoms with van der Waals surface area (Å²) < 4.78 is 6.04. The number of rotatable bonds is 6. The van der Waals surface area contributed by atoms with Crippen LogP contribution in [0.15, 0.2) is 0 Å². The average Bonchev–Trinajstić information content (AvgIpc) is 2.56. The van der Waals surface area contributed by atoms with Crippen LogP contribution in [0.4, 0.5) is 0 Å². The fourth-order valence-corrected chi connectivity index (χ4v) is 2.50. The lowest BCUT2D eigenvalue weighted by atomic mass is 10.0. The second kappa shape index (κ2) is 5.86. The Morgan fingerprint density at radius 2 is 2.20 bits per heavy atom. The molecule has 0 aliphatic heterocycles. The molecule has 0 radical (unpaired) electrons. The van der Waals surface area contributed by atoms with Gasteiger partial charge in [-0.25, -0.2) is 0 Å². The molecule has 1 aliphatic rings. The van der Waals surface area contributed by atoms with E-state index in [2.05, 4.69) is 20.8 Å². The second-order valence-electron chi connectivity index (χ2n) is 5.62. The second-order valence-corrected chi connectivity index (χ2v) is 5.62. The molecule has 1 saturated carbocycles. The molecule has 0 heterocycles. The molecule has 1 fully saturated rings. The van der Waals surface area contributed by atoms with Gasteiger partial charge >= 0.3 is 0 Å². The maximum atomic E-state index is 6.04. The van der Waals surface area contributed by atoms with E-state index in [0.29, 0.717) is 6.54 Å². The molecule has 2 nitrogen and oxygen atoms in total. The summed E-state index contributed by atoms with van der Waals surface area (Å²) in [5.41, 5.74) is 5.87. The molecule has 2 heteroatoms. The largest absolute Gasteiger partial charge is 0.374 e. The van der Waals surface area contributed by atoms with E-state index in [9.17, 15) is 0 Å². The van der Waals surface area contributed by atoms with Crippen molar-refractivity contribution in [2.24, 2.45) is 17.6 Å². The Morgan fingerprint density at radius 1 is 1.47 bits per heavy atom. The van der Waals surface area contributed by atoms with Gasteiger partial charge in [0.25, 0.3) is 0 Å². The molecular formula is C13H27NO. The zero-order chi connectivity index (χ0) is 11.3. The number of hydrogen-bond acceptors (Lipinski definition) is 2. The predicted octanol–water partition coefficient (Wildman–Crippen LogP) is 2.96. The monoisotopic (exact) mass is 213 g/mol. The molecule has 0 spiro atoms. The molecule has 1 rings (SSSR count). The average molecular weight is 213 g/mol. The van der Waals surface area contributed by atoms with Gasteiger partial charge in [-0.2, -0.15) is 0 Å². The van der Waals surface area contributed by atoms with Crippen molar-refractivity contribution in [2.75, 3.05) is 13.2 Å². The molecular weight excluding hydrogens is 186 g/mol. The molecule has 15 heavy (non-hydrogen) atoms. The molecule has 2 atom stereocenters. The highest BCUT2D eigenvalue weighted by Gasteiger charge is 2.36. The van der Waals surface area contributed by atoms with Crippen molar-refractivity contribution in [3.63, 3.8) is 0 Å². The molecule has 90 valence electrons. The third-order valence-corrected chi connectivity index (χ3v) is 3.52. The van der Waals surface area contributed by atoms with Gasteiger partial charge in [0.15, 0.2) is 0 Å². The van der Waals surface area contributed by atoms with Gasteiger partial charge in [0.2, 0.25) is 0 Å². The summed E-state index contributed by atoms with van der Waals surface area (Å²) in [6.45, 7) is 8.41. The first-order valence-electron chi connectivity index (χ1n) is 6.42. The molecule has 0 bridgehead atoms. The van der Waals surface area contributed by atoms with Crippen LogP contribution in [0.25, 0.3) is 0 Å². The summed E-state index contributed by atoms with van der Waals surface area (Å²) >= 11 is 0. The van der Waals surface area contributed by atoms with Gasteiger partial charge < -0.3 is 10.5 Å². The van der Waals surface area contributed by atoms with Crippen LogP contribution < -0.4 is 5.73 Å². The van der Waals surface area contributed by atoms with E-state index >= 15 is 0 Å². The molecule has 0 saturated heterocycles. The van der Waals surface area contributed by atoms with Crippen molar-refractivity contribution < 1.29 is 4.74 Å². The van der Waals surface area contributed by atoms with E-state index in [1.807, 2.05) is 0 Å². The first-order valence-corrected chi connectivity index (χ1v) is 6.42. The van der Waals surface area contributed by atoms with Crippen LogP contribution >= 0.6 is 0 Å². The molecule has 0 amide bonds. The van der Waals surface area contributed by atoms with Crippen LogP contribution in [-0.2, 0) is 4.74 Å². The quantitative estimate of drug-likeness (QED) is 0.688. The van der Waals surface area contributed by atoms with E-state index < -0.39 is 0 Å². The van der Waals surface area contributed by atoms with Crippen LogP contribution in [-0.4, -0.2) is 18.8 Å². The SMILES string of the molecule is CC(C)CCCOC1(CN)CCC(C)C1. The van der Waals surface area contributed by atoms with E-state index in [4.69, 9.17) is 10.5 Å². The van der Waals surface area contributed by atoms with Crippen molar-refractivity contribution in [1.82, 2.24) is 0 Å². The van der Waals surface area contributed by atoms with E-state index in [-0.39, 0.29) is 5.60 Å². The number of hydrogen-bond donors (Lipinski definition) is 1. The zero-order valence-electron chi connectivity index (χ0n) is 10.6. The van der Waals surface area contributed by atoms with Crippen LogP contribution in [0.5, 0.6) is 0 Å². The third-order valence-electron chi connectivity index (χ3n) is 3.52. The van der Waals surface area contributed by atoms with E-state index in [1.165, 1.54) is 19.3 Å². The Balaban J connectivity index is 2.22. The Kier molecular flexibility index (Phi) is 5.07. The fourth-order valence-electron chi connectivity index (χ4n) is 2.50. The lowest BCUT2D eigenvalue weighted by molar-refractivity contribution is -0.0380. The number of ether oxygens (including phenoxy) is 1. The molecule has 1 aliphatic carbocycles. The highest BCUT2D eigenvalue weighted by atomic mass is 16.5.